The van der Waals surface area contributed by atoms with E-state index in [1.807, 2.05) is 13.0 Å². The van der Waals surface area contributed by atoms with Gasteiger partial charge in [-0.05, 0) is 30.5 Å². The second kappa shape index (κ2) is 2.76. The molecule has 0 aromatic heterocycles. The van der Waals surface area contributed by atoms with Gasteiger partial charge in [0, 0.05) is 6.42 Å². The third-order valence-corrected chi connectivity index (χ3v) is 2.39. The van der Waals surface area contributed by atoms with Gasteiger partial charge >= 0.3 is 0 Å². The molecule has 0 bridgehead atoms. The first kappa shape index (κ1) is 8.10. The normalized spacial score (nSPS) is 15.0. The second-order valence-electron chi connectivity index (χ2n) is 3.30. The molecule has 1 heterocycles. The van der Waals surface area contributed by atoms with E-state index in [2.05, 4.69) is 5.32 Å². The van der Waals surface area contributed by atoms with E-state index >= 15 is 0 Å². The number of hydrogen-bond donors (Lipinski definition) is 2. The van der Waals surface area contributed by atoms with Crippen LogP contribution in [0.25, 0.3) is 0 Å². The Bertz CT molecular complexity index is 371. The predicted octanol–water partition coefficient (Wildman–Crippen LogP) is 1.59. The molecule has 2 N–H and O–H groups in total. The molecule has 0 saturated carbocycles. The van der Waals surface area contributed by atoms with Crippen LogP contribution >= 0.6 is 0 Å². The maximum atomic E-state index is 11.1. The molecule has 0 atom stereocenters. The summed E-state index contributed by atoms with van der Waals surface area (Å²) in [6.07, 6.45) is 1.23. The smallest absolute Gasteiger partial charge is 0.224 e. The second-order valence-corrected chi connectivity index (χ2v) is 3.30. The molecular formula is C10H11NO2. The molecule has 0 radical (unpaired) electrons. The van der Waals surface area contributed by atoms with Gasteiger partial charge in [0.2, 0.25) is 5.91 Å². The molecule has 3 nitrogen and oxygen atoms in total. The van der Waals surface area contributed by atoms with Gasteiger partial charge in [0.1, 0.15) is 5.75 Å². The van der Waals surface area contributed by atoms with Gasteiger partial charge in [-0.2, -0.15) is 0 Å². The molecule has 1 aromatic carbocycles. The summed E-state index contributed by atoms with van der Waals surface area (Å²) in [5, 5.41) is 12.2. The zero-order valence-electron chi connectivity index (χ0n) is 7.42. The molecule has 68 valence electrons. The number of nitrogens with one attached hydrogen (secondary N) is 1. The average Bonchev–Trinajstić information content (AvgIpc) is 2.12. The van der Waals surface area contributed by atoms with Crippen molar-refractivity contribution in [2.75, 3.05) is 5.32 Å². The highest BCUT2D eigenvalue weighted by atomic mass is 16.3. The molecule has 1 aliphatic rings. The Morgan fingerprint density at radius 2 is 2.15 bits per heavy atom. The minimum atomic E-state index is -0.0200. The van der Waals surface area contributed by atoms with Crippen LogP contribution < -0.4 is 5.32 Å². The number of rotatable bonds is 0. The Morgan fingerprint density at radius 3 is 2.92 bits per heavy atom. The minimum Gasteiger partial charge on any atom is -0.506 e. The molecule has 1 aromatic rings. The third-order valence-electron chi connectivity index (χ3n) is 2.39. The molecule has 0 fully saturated rings. The summed E-state index contributed by atoms with van der Waals surface area (Å²) in [5.41, 5.74) is 2.77. The van der Waals surface area contributed by atoms with Crippen molar-refractivity contribution >= 4 is 11.6 Å². The summed E-state index contributed by atoms with van der Waals surface area (Å²) in [7, 11) is 0. The molecule has 1 aliphatic heterocycles. The molecule has 0 spiro atoms. The van der Waals surface area contributed by atoms with Crippen LogP contribution in [0.1, 0.15) is 17.5 Å². The number of benzene rings is 1. The van der Waals surface area contributed by atoms with Crippen molar-refractivity contribution in [1.82, 2.24) is 0 Å². The van der Waals surface area contributed by atoms with Crippen molar-refractivity contribution in [1.29, 1.82) is 0 Å². The Hall–Kier alpha value is -1.51. The van der Waals surface area contributed by atoms with Crippen LogP contribution in [-0.4, -0.2) is 11.0 Å². The Kier molecular flexibility index (Phi) is 1.72. The van der Waals surface area contributed by atoms with Gasteiger partial charge in [-0.15, -0.1) is 0 Å². The lowest BCUT2D eigenvalue weighted by molar-refractivity contribution is -0.116. The highest BCUT2D eigenvalue weighted by molar-refractivity contribution is 5.95. The Balaban J connectivity index is 2.57. The summed E-state index contributed by atoms with van der Waals surface area (Å²) in [6.45, 7) is 1.98. The van der Waals surface area contributed by atoms with Crippen LogP contribution in [0.15, 0.2) is 12.1 Å². The number of aromatic hydroxyl groups is 1. The number of carbonyl (C=O) groups is 1. The van der Waals surface area contributed by atoms with Crippen LogP contribution in [0.4, 0.5) is 5.69 Å². The summed E-state index contributed by atoms with van der Waals surface area (Å²) in [5.74, 6) is 0.141. The van der Waals surface area contributed by atoms with Crippen LogP contribution in [0, 0.1) is 6.92 Å². The van der Waals surface area contributed by atoms with E-state index in [1.165, 1.54) is 0 Å². The summed E-state index contributed by atoms with van der Waals surface area (Å²) < 4.78 is 0. The van der Waals surface area contributed by atoms with Crippen molar-refractivity contribution < 1.29 is 9.90 Å². The number of carbonyl (C=O) groups excluding carboxylic acids is 1. The fraction of sp³-hybridized carbons (Fsp3) is 0.300. The van der Waals surface area contributed by atoms with E-state index in [9.17, 15) is 9.90 Å². The molecule has 3 heteroatoms. The van der Waals surface area contributed by atoms with E-state index in [4.69, 9.17) is 0 Å². The zero-order chi connectivity index (χ0) is 9.42. The Morgan fingerprint density at radius 1 is 1.38 bits per heavy atom. The molecule has 0 saturated heterocycles. The van der Waals surface area contributed by atoms with Gasteiger partial charge in [0.25, 0.3) is 0 Å². The first-order valence-corrected chi connectivity index (χ1v) is 4.30. The lowest BCUT2D eigenvalue weighted by Gasteiger charge is -2.19. The summed E-state index contributed by atoms with van der Waals surface area (Å²) >= 11 is 0. The number of phenolic OH excluding ortho intramolecular Hbond substituents is 1. The van der Waals surface area contributed by atoms with Gasteiger partial charge in [-0.25, -0.2) is 0 Å². The lowest BCUT2D eigenvalue weighted by Crippen LogP contribution is -2.19. The zero-order valence-corrected chi connectivity index (χ0v) is 7.42. The SMILES string of the molecule is Cc1ccc(O)c2c1CCC(=O)N2. The third kappa shape index (κ3) is 1.26. The number of fused-ring (bicyclic) bond motifs is 1. The minimum absolute atomic E-state index is 0.0200. The molecule has 0 aliphatic carbocycles. The largest absolute Gasteiger partial charge is 0.506 e. The van der Waals surface area contributed by atoms with Crippen LogP contribution in [0.5, 0.6) is 5.75 Å². The van der Waals surface area contributed by atoms with Crippen molar-refractivity contribution in [3.8, 4) is 5.75 Å². The highest BCUT2D eigenvalue weighted by Gasteiger charge is 2.18. The topological polar surface area (TPSA) is 49.3 Å². The van der Waals surface area contributed by atoms with Gasteiger partial charge in [-0.3, -0.25) is 4.79 Å². The monoisotopic (exact) mass is 177 g/mol. The van der Waals surface area contributed by atoms with Crippen molar-refractivity contribution in [2.24, 2.45) is 0 Å². The highest BCUT2D eigenvalue weighted by Crippen LogP contribution is 2.33. The van der Waals surface area contributed by atoms with Gasteiger partial charge in [0.15, 0.2) is 0 Å². The average molecular weight is 177 g/mol. The fourth-order valence-electron chi connectivity index (χ4n) is 1.64. The van der Waals surface area contributed by atoms with Crippen LogP contribution in [0.2, 0.25) is 0 Å². The number of aryl methyl sites for hydroxylation is 1. The van der Waals surface area contributed by atoms with E-state index in [0.29, 0.717) is 12.1 Å². The van der Waals surface area contributed by atoms with E-state index in [0.717, 1.165) is 17.5 Å². The number of phenols is 1. The van der Waals surface area contributed by atoms with Gasteiger partial charge < -0.3 is 10.4 Å². The first-order valence-electron chi connectivity index (χ1n) is 4.30. The van der Waals surface area contributed by atoms with E-state index in [-0.39, 0.29) is 11.7 Å². The molecule has 1 amide bonds. The van der Waals surface area contributed by atoms with Crippen molar-refractivity contribution in [3.05, 3.63) is 23.3 Å². The fourth-order valence-corrected chi connectivity index (χ4v) is 1.64. The lowest BCUT2D eigenvalue weighted by atomic mass is 9.97. The number of anilines is 1. The predicted molar refractivity (Wildman–Crippen MR) is 49.8 cm³/mol. The molecule has 2 rings (SSSR count). The van der Waals surface area contributed by atoms with E-state index < -0.39 is 0 Å². The quantitative estimate of drug-likeness (QED) is 0.591. The number of hydrogen-bond acceptors (Lipinski definition) is 2. The molecule has 13 heavy (non-hydrogen) atoms. The van der Waals surface area contributed by atoms with Crippen LogP contribution in [0.3, 0.4) is 0 Å². The Labute approximate surface area is 76.4 Å². The summed E-state index contributed by atoms with van der Waals surface area (Å²) in [4.78, 5) is 11.1. The van der Waals surface area contributed by atoms with Crippen LogP contribution in [-0.2, 0) is 11.2 Å². The summed E-state index contributed by atoms with van der Waals surface area (Å²) in [6, 6.07) is 3.48. The first-order chi connectivity index (χ1) is 6.18. The standard InChI is InChI=1S/C10H11NO2/c1-6-2-4-8(12)10-7(6)3-5-9(13)11-10/h2,4,12H,3,5H2,1H3,(H,11,13). The van der Waals surface area contributed by atoms with Gasteiger partial charge in [0.05, 0.1) is 5.69 Å². The molecular weight excluding hydrogens is 166 g/mol. The van der Waals surface area contributed by atoms with Crippen molar-refractivity contribution in [2.45, 2.75) is 19.8 Å². The maximum absolute atomic E-state index is 11.1. The maximum Gasteiger partial charge on any atom is 0.224 e. The molecule has 0 unspecified atom stereocenters. The van der Waals surface area contributed by atoms with Gasteiger partial charge in [-0.1, -0.05) is 6.07 Å². The number of amides is 1. The van der Waals surface area contributed by atoms with Crippen molar-refractivity contribution in [3.63, 3.8) is 0 Å². The van der Waals surface area contributed by atoms with E-state index in [1.54, 1.807) is 6.07 Å².